The second kappa shape index (κ2) is 12.9. The number of ether oxygens (including phenoxy) is 1. The van der Waals surface area contributed by atoms with Gasteiger partial charge < -0.3 is 10.1 Å². The first-order valence-corrected chi connectivity index (χ1v) is 12.3. The van der Waals surface area contributed by atoms with Crippen LogP contribution in [-0.4, -0.2) is 29.3 Å². The molecule has 2 aromatic rings. The van der Waals surface area contributed by atoms with Crippen LogP contribution in [0.4, 0.5) is 5.69 Å². The number of nitrogens with zero attached hydrogens (tertiary/aromatic N) is 1. The van der Waals surface area contributed by atoms with Crippen molar-refractivity contribution in [3.05, 3.63) is 54.4 Å². The standard InChI is InChI=1S/C27H36N4O4/c1-27(2,18-25(33)30-31-26(34)21-9-6-15-28-19-21)17-24(32)29-22-10-12-23(13-11-22)35-16-14-20-7-4-3-5-8-20/h6,9-13,15,19-20H,3-5,7-8,14,16-18H2,1-2H3,(H,29,32)(H,30,33)(H,31,34). The maximum Gasteiger partial charge on any atom is 0.271 e. The Labute approximate surface area is 207 Å². The predicted molar refractivity (Wildman–Crippen MR) is 135 cm³/mol. The van der Waals surface area contributed by atoms with Gasteiger partial charge in [0.1, 0.15) is 5.75 Å². The molecule has 0 unspecified atom stereocenters. The van der Waals surface area contributed by atoms with E-state index >= 15 is 0 Å². The number of carbonyl (C=O) groups excluding carboxylic acids is 3. The highest BCUT2D eigenvalue weighted by atomic mass is 16.5. The number of amides is 3. The number of rotatable bonds is 10. The largest absolute Gasteiger partial charge is 0.494 e. The molecule has 0 radical (unpaired) electrons. The van der Waals surface area contributed by atoms with Crippen LogP contribution in [0.1, 0.15) is 75.6 Å². The van der Waals surface area contributed by atoms with Gasteiger partial charge in [-0.05, 0) is 54.2 Å². The summed E-state index contributed by atoms with van der Waals surface area (Å²) in [6.45, 7) is 4.38. The van der Waals surface area contributed by atoms with Crippen LogP contribution >= 0.6 is 0 Å². The monoisotopic (exact) mass is 480 g/mol. The Balaban J connectivity index is 1.37. The lowest BCUT2D eigenvalue weighted by atomic mass is 9.85. The first kappa shape index (κ1) is 26.2. The van der Waals surface area contributed by atoms with Crippen LogP contribution in [0.3, 0.4) is 0 Å². The maximum atomic E-state index is 12.5. The summed E-state index contributed by atoms with van der Waals surface area (Å²) >= 11 is 0. The number of anilines is 1. The van der Waals surface area contributed by atoms with Gasteiger partial charge in [0, 0.05) is 30.9 Å². The second-order valence-electron chi connectivity index (χ2n) is 9.98. The van der Waals surface area contributed by atoms with Crippen LogP contribution in [0.15, 0.2) is 48.8 Å². The van der Waals surface area contributed by atoms with Crippen molar-refractivity contribution in [2.45, 2.75) is 65.2 Å². The Kier molecular flexibility index (Phi) is 9.64. The van der Waals surface area contributed by atoms with Crippen LogP contribution in [0.25, 0.3) is 0 Å². The SMILES string of the molecule is CC(C)(CC(=O)NNC(=O)c1cccnc1)CC(=O)Nc1ccc(OCCC2CCCCC2)cc1. The third-order valence-corrected chi connectivity index (χ3v) is 6.18. The van der Waals surface area contributed by atoms with Gasteiger partial charge in [-0.1, -0.05) is 46.0 Å². The molecular weight excluding hydrogens is 444 g/mol. The lowest BCUT2D eigenvalue weighted by molar-refractivity contribution is -0.124. The number of carbonyl (C=O) groups is 3. The summed E-state index contributed by atoms with van der Waals surface area (Å²) in [6.07, 6.45) is 10.9. The average Bonchev–Trinajstić information content (AvgIpc) is 2.84. The molecule has 188 valence electrons. The van der Waals surface area contributed by atoms with E-state index in [-0.39, 0.29) is 24.7 Å². The molecule has 0 aliphatic heterocycles. The molecule has 0 atom stereocenters. The zero-order valence-electron chi connectivity index (χ0n) is 20.6. The van der Waals surface area contributed by atoms with E-state index in [1.54, 1.807) is 18.3 Å². The molecule has 0 bridgehead atoms. The first-order chi connectivity index (χ1) is 16.8. The summed E-state index contributed by atoms with van der Waals surface area (Å²) in [5, 5.41) is 2.88. The summed E-state index contributed by atoms with van der Waals surface area (Å²) in [7, 11) is 0. The third-order valence-electron chi connectivity index (χ3n) is 6.18. The predicted octanol–water partition coefficient (Wildman–Crippen LogP) is 4.64. The molecule has 1 aliphatic rings. The fraction of sp³-hybridized carbons (Fsp3) is 0.481. The second-order valence-corrected chi connectivity index (χ2v) is 9.98. The fourth-order valence-corrected chi connectivity index (χ4v) is 4.33. The molecule has 1 fully saturated rings. The molecule has 3 N–H and O–H groups in total. The average molecular weight is 481 g/mol. The lowest BCUT2D eigenvalue weighted by Gasteiger charge is -2.23. The molecule has 0 saturated heterocycles. The van der Waals surface area contributed by atoms with E-state index < -0.39 is 11.3 Å². The zero-order valence-corrected chi connectivity index (χ0v) is 20.6. The van der Waals surface area contributed by atoms with E-state index in [9.17, 15) is 14.4 Å². The molecule has 1 aromatic carbocycles. The fourth-order valence-electron chi connectivity index (χ4n) is 4.33. The van der Waals surface area contributed by atoms with E-state index in [4.69, 9.17) is 4.74 Å². The summed E-state index contributed by atoms with van der Waals surface area (Å²) < 4.78 is 5.87. The van der Waals surface area contributed by atoms with Gasteiger partial charge >= 0.3 is 0 Å². The number of hydrogen-bond donors (Lipinski definition) is 3. The van der Waals surface area contributed by atoms with E-state index in [1.165, 1.54) is 38.3 Å². The Morgan fingerprint density at radius 1 is 0.971 bits per heavy atom. The van der Waals surface area contributed by atoms with Gasteiger partial charge in [0.15, 0.2) is 0 Å². The van der Waals surface area contributed by atoms with Gasteiger partial charge in [0.05, 0.1) is 12.2 Å². The summed E-state index contributed by atoms with van der Waals surface area (Å²) in [4.78, 5) is 40.7. The van der Waals surface area contributed by atoms with Crippen molar-refractivity contribution in [2.24, 2.45) is 11.3 Å². The van der Waals surface area contributed by atoms with Crippen LogP contribution in [0, 0.1) is 11.3 Å². The quantitative estimate of drug-likeness (QED) is 0.429. The van der Waals surface area contributed by atoms with Crippen LogP contribution < -0.4 is 20.9 Å². The van der Waals surface area contributed by atoms with Gasteiger partial charge in [-0.15, -0.1) is 0 Å². The highest BCUT2D eigenvalue weighted by molar-refractivity contribution is 5.95. The van der Waals surface area contributed by atoms with Gasteiger partial charge in [-0.2, -0.15) is 0 Å². The van der Waals surface area contributed by atoms with E-state index in [1.807, 2.05) is 38.1 Å². The summed E-state index contributed by atoms with van der Waals surface area (Å²) in [6, 6.07) is 10.6. The van der Waals surface area contributed by atoms with Gasteiger partial charge in [-0.25, -0.2) is 0 Å². The Hall–Kier alpha value is -3.42. The summed E-state index contributed by atoms with van der Waals surface area (Å²) in [5.41, 5.74) is 5.17. The minimum atomic E-state index is -0.602. The van der Waals surface area contributed by atoms with Crippen LogP contribution in [0.5, 0.6) is 5.75 Å². The van der Waals surface area contributed by atoms with Crippen molar-refractivity contribution in [1.82, 2.24) is 15.8 Å². The third kappa shape index (κ3) is 9.39. The normalized spacial score (nSPS) is 14.1. The molecule has 1 saturated carbocycles. The number of pyridine rings is 1. The topological polar surface area (TPSA) is 109 Å². The molecule has 1 aromatic heterocycles. The first-order valence-electron chi connectivity index (χ1n) is 12.3. The van der Waals surface area contributed by atoms with Crippen molar-refractivity contribution < 1.29 is 19.1 Å². The van der Waals surface area contributed by atoms with Gasteiger partial charge in [0.25, 0.3) is 5.91 Å². The highest BCUT2D eigenvalue weighted by Crippen LogP contribution is 2.27. The number of aromatic nitrogens is 1. The van der Waals surface area contributed by atoms with Crippen LogP contribution in [-0.2, 0) is 9.59 Å². The van der Waals surface area contributed by atoms with Gasteiger partial charge in [0.2, 0.25) is 11.8 Å². The Morgan fingerprint density at radius 2 is 1.69 bits per heavy atom. The van der Waals surface area contributed by atoms with E-state index in [0.29, 0.717) is 11.3 Å². The number of hydrogen-bond acceptors (Lipinski definition) is 5. The van der Waals surface area contributed by atoms with Crippen molar-refractivity contribution in [3.8, 4) is 5.75 Å². The van der Waals surface area contributed by atoms with E-state index in [2.05, 4.69) is 21.2 Å². The molecule has 8 heteroatoms. The molecule has 3 amide bonds. The Bertz CT molecular complexity index is 970. The Morgan fingerprint density at radius 3 is 2.37 bits per heavy atom. The lowest BCUT2D eigenvalue weighted by Crippen LogP contribution is -2.43. The minimum Gasteiger partial charge on any atom is -0.494 e. The van der Waals surface area contributed by atoms with E-state index in [0.717, 1.165) is 24.7 Å². The number of benzene rings is 1. The molecular formula is C27H36N4O4. The smallest absolute Gasteiger partial charge is 0.271 e. The molecule has 1 heterocycles. The molecule has 1 aliphatic carbocycles. The number of hydrazine groups is 1. The van der Waals surface area contributed by atoms with Crippen molar-refractivity contribution in [2.75, 3.05) is 11.9 Å². The van der Waals surface area contributed by atoms with Crippen molar-refractivity contribution >= 4 is 23.4 Å². The molecule has 35 heavy (non-hydrogen) atoms. The van der Waals surface area contributed by atoms with Crippen molar-refractivity contribution in [3.63, 3.8) is 0 Å². The molecule has 3 rings (SSSR count). The molecule has 8 nitrogen and oxygen atoms in total. The highest BCUT2D eigenvalue weighted by Gasteiger charge is 2.26. The van der Waals surface area contributed by atoms with Gasteiger partial charge in [-0.3, -0.25) is 30.2 Å². The minimum absolute atomic E-state index is 0.0709. The maximum absolute atomic E-state index is 12.5. The molecule has 0 spiro atoms. The summed E-state index contributed by atoms with van der Waals surface area (Å²) in [5.74, 6) is 0.556. The number of nitrogens with one attached hydrogen (secondary N) is 3. The zero-order chi connectivity index (χ0) is 25.1. The van der Waals surface area contributed by atoms with Crippen LogP contribution in [0.2, 0.25) is 0 Å². The van der Waals surface area contributed by atoms with Crippen molar-refractivity contribution in [1.29, 1.82) is 0 Å².